The number of halogens is 1. The van der Waals surface area contributed by atoms with Gasteiger partial charge in [-0.05, 0) is 19.1 Å². The molecule has 3 nitrogen and oxygen atoms in total. The van der Waals surface area contributed by atoms with Crippen molar-refractivity contribution < 1.29 is 9.90 Å². The van der Waals surface area contributed by atoms with E-state index in [1.807, 2.05) is 24.3 Å². The Kier molecular flexibility index (Phi) is 8.07. The van der Waals surface area contributed by atoms with Crippen LogP contribution in [0.4, 0.5) is 5.69 Å². The first-order valence-corrected chi connectivity index (χ1v) is 5.89. The van der Waals surface area contributed by atoms with Crippen molar-refractivity contribution in [1.82, 2.24) is 0 Å². The Balaban J connectivity index is 0.000000511. The zero-order valence-corrected chi connectivity index (χ0v) is 10.7. The van der Waals surface area contributed by atoms with E-state index >= 15 is 0 Å². The van der Waals surface area contributed by atoms with Crippen LogP contribution < -0.4 is 5.32 Å². The largest absolute Gasteiger partial charge is 0.397 e. The van der Waals surface area contributed by atoms with Gasteiger partial charge in [-0.25, -0.2) is 0 Å². The Labute approximate surface area is 106 Å². The van der Waals surface area contributed by atoms with Crippen LogP contribution in [0.5, 0.6) is 0 Å². The normalized spacial score (nSPS) is 13.2. The standard InChI is InChI=1S/C9H9NOS.C2H6O.ClH/c11-9-5-6-12-8-4-2-1-3-7(8)10-9;1-2-3;/h1-4H,5-6H2,(H,10,11);3H,2H2,1H3;1H. The number of rotatable bonds is 0. The molecule has 0 aliphatic carbocycles. The number of aliphatic hydroxyl groups is 1. The van der Waals surface area contributed by atoms with E-state index in [-0.39, 0.29) is 24.9 Å². The zero-order chi connectivity index (χ0) is 11.1. The van der Waals surface area contributed by atoms with Crippen molar-refractivity contribution in [1.29, 1.82) is 0 Å². The second-order valence-electron chi connectivity index (χ2n) is 2.96. The minimum atomic E-state index is 0. The number of thioether (sulfide) groups is 1. The molecule has 0 spiro atoms. The lowest BCUT2D eigenvalue weighted by atomic mass is 10.3. The molecule has 0 atom stereocenters. The number of carbonyl (C=O) groups excluding carboxylic acids is 1. The summed E-state index contributed by atoms with van der Waals surface area (Å²) < 4.78 is 0. The Morgan fingerprint density at radius 3 is 2.75 bits per heavy atom. The number of anilines is 1. The maximum absolute atomic E-state index is 11.1. The van der Waals surface area contributed by atoms with E-state index in [2.05, 4.69) is 5.32 Å². The van der Waals surface area contributed by atoms with Crippen molar-refractivity contribution in [3.63, 3.8) is 0 Å². The lowest BCUT2D eigenvalue weighted by Crippen LogP contribution is -2.09. The number of amides is 1. The molecule has 0 bridgehead atoms. The molecule has 16 heavy (non-hydrogen) atoms. The molecule has 0 saturated heterocycles. The average Bonchev–Trinajstić information content (AvgIpc) is 2.39. The van der Waals surface area contributed by atoms with E-state index in [9.17, 15) is 4.79 Å². The molecule has 1 heterocycles. The molecular weight excluding hydrogens is 246 g/mol. The molecule has 0 unspecified atom stereocenters. The summed E-state index contributed by atoms with van der Waals surface area (Å²) in [5.41, 5.74) is 0.949. The lowest BCUT2D eigenvalue weighted by molar-refractivity contribution is -0.115. The molecule has 1 aliphatic heterocycles. The highest BCUT2D eigenvalue weighted by molar-refractivity contribution is 7.99. The van der Waals surface area contributed by atoms with Gasteiger partial charge in [-0.3, -0.25) is 4.79 Å². The van der Waals surface area contributed by atoms with E-state index in [0.717, 1.165) is 11.4 Å². The van der Waals surface area contributed by atoms with Crippen molar-refractivity contribution in [3.8, 4) is 0 Å². The fourth-order valence-electron chi connectivity index (χ4n) is 1.16. The number of hydrogen-bond acceptors (Lipinski definition) is 3. The molecule has 0 saturated carbocycles. The molecule has 1 aromatic carbocycles. The second-order valence-corrected chi connectivity index (χ2v) is 4.10. The molecule has 0 radical (unpaired) electrons. The SMILES string of the molecule is CCO.Cl.O=C1CCSc2ccccc2N1. The third kappa shape index (κ3) is 4.88. The molecule has 1 aliphatic rings. The van der Waals surface area contributed by atoms with Crippen LogP contribution in [0.1, 0.15) is 13.3 Å². The van der Waals surface area contributed by atoms with E-state index < -0.39 is 0 Å². The average molecular weight is 262 g/mol. The maximum atomic E-state index is 11.1. The van der Waals surface area contributed by atoms with Crippen LogP contribution in [0.2, 0.25) is 0 Å². The van der Waals surface area contributed by atoms with Gasteiger partial charge in [-0.15, -0.1) is 24.2 Å². The van der Waals surface area contributed by atoms with Crippen molar-refractivity contribution in [3.05, 3.63) is 24.3 Å². The number of aliphatic hydroxyl groups excluding tert-OH is 1. The van der Waals surface area contributed by atoms with Crippen LogP contribution in [-0.4, -0.2) is 23.4 Å². The van der Waals surface area contributed by atoms with E-state index in [0.29, 0.717) is 6.42 Å². The van der Waals surface area contributed by atoms with E-state index in [1.54, 1.807) is 18.7 Å². The first kappa shape index (κ1) is 15.3. The number of hydrogen-bond donors (Lipinski definition) is 2. The quantitative estimate of drug-likeness (QED) is 0.755. The van der Waals surface area contributed by atoms with Crippen LogP contribution in [0.25, 0.3) is 0 Å². The third-order valence-electron chi connectivity index (χ3n) is 1.75. The fourth-order valence-corrected chi connectivity index (χ4v) is 2.12. The minimum absolute atomic E-state index is 0. The molecule has 0 aromatic heterocycles. The monoisotopic (exact) mass is 261 g/mol. The summed E-state index contributed by atoms with van der Waals surface area (Å²) in [5.74, 6) is 0.996. The predicted molar refractivity (Wildman–Crippen MR) is 70.4 cm³/mol. The fraction of sp³-hybridized carbons (Fsp3) is 0.364. The molecule has 2 N–H and O–H groups in total. The Bertz CT molecular complexity index is 334. The second kappa shape index (κ2) is 8.44. The summed E-state index contributed by atoms with van der Waals surface area (Å²) in [6.45, 7) is 1.93. The summed E-state index contributed by atoms with van der Waals surface area (Å²) in [6.07, 6.45) is 0.610. The number of nitrogens with one attached hydrogen (secondary N) is 1. The van der Waals surface area contributed by atoms with Gasteiger partial charge in [0, 0.05) is 23.7 Å². The highest BCUT2D eigenvalue weighted by Gasteiger charge is 2.11. The topological polar surface area (TPSA) is 49.3 Å². The number of fused-ring (bicyclic) bond motifs is 1. The summed E-state index contributed by atoms with van der Waals surface area (Å²) in [4.78, 5) is 12.3. The van der Waals surface area contributed by atoms with Gasteiger partial charge in [0.25, 0.3) is 0 Å². The Morgan fingerprint density at radius 2 is 2.06 bits per heavy atom. The third-order valence-corrected chi connectivity index (χ3v) is 2.82. The first-order valence-electron chi connectivity index (χ1n) is 4.90. The predicted octanol–water partition coefficient (Wildman–Crippen LogP) is 2.54. The molecule has 5 heteroatoms. The highest BCUT2D eigenvalue weighted by Crippen LogP contribution is 2.29. The summed E-state index contributed by atoms with van der Waals surface area (Å²) in [6, 6.07) is 7.89. The Hall–Kier alpha value is -0.710. The van der Waals surface area contributed by atoms with Gasteiger partial charge >= 0.3 is 0 Å². The highest BCUT2D eigenvalue weighted by atomic mass is 35.5. The number of carbonyl (C=O) groups is 1. The van der Waals surface area contributed by atoms with Gasteiger partial charge in [-0.1, -0.05) is 12.1 Å². The zero-order valence-electron chi connectivity index (χ0n) is 9.10. The molecule has 1 aromatic rings. The Morgan fingerprint density at radius 1 is 1.44 bits per heavy atom. The van der Waals surface area contributed by atoms with Crippen molar-refractivity contribution in [2.45, 2.75) is 18.2 Å². The van der Waals surface area contributed by atoms with Gasteiger partial charge in [0.1, 0.15) is 0 Å². The summed E-state index contributed by atoms with van der Waals surface area (Å²) >= 11 is 1.73. The van der Waals surface area contributed by atoms with Crippen LogP contribution in [-0.2, 0) is 4.79 Å². The van der Waals surface area contributed by atoms with Gasteiger partial charge < -0.3 is 10.4 Å². The lowest BCUT2D eigenvalue weighted by Gasteiger charge is -2.03. The van der Waals surface area contributed by atoms with E-state index in [1.165, 1.54) is 4.90 Å². The molecule has 1 amide bonds. The van der Waals surface area contributed by atoms with Crippen LogP contribution >= 0.6 is 24.2 Å². The first-order chi connectivity index (χ1) is 7.27. The van der Waals surface area contributed by atoms with Crippen molar-refractivity contribution in [2.75, 3.05) is 17.7 Å². The van der Waals surface area contributed by atoms with Crippen LogP contribution in [0.3, 0.4) is 0 Å². The molecule has 90 valence electrons. The maximum Gasteiger partial charge on any atom is 0.225 e. The van der Waals surface area contributed by atoms with Crippen molar-refractivity contribution in [2.24, 2.45) is 0 Å². The molecular formula is C11H16ClNO2S. The van der Waals surface area contributed by atoms with Gasteiger partial charge in [-0.2, -0.15) is 0 Å². The van der Waals surface area contributed by atoms with Crippen LogP contribution in [0.15, 0.2) is 29.2 Å². The summed E-state index contributed by atoms with van der Waals surface area (Å²) in [5, 5.41) is 10.4. The van der Waals surface area contributed by atoms with Crippen LogP contribution in [0, 0.1) is 0 Å². The van der Waals surface area contributed by atoms with Crippen molar-refractivity contribution >= 4 is 35.8 Å². The minimum Gasteiger partial charge on any atom is -0.397 e. The van der Waals surface area contributed by atoms with Gasteiger partial charge in [0.05, 0.1) is 5.69 Å². The van der Waals surface area contributed by atoms with Gasteiger partial charge in [0.2, 0.25) is 5.91 Å². The van der Waals surface area contributed by atoms with Gasteiger partial charge in [0.15, 0.2) is 0 Å². The smallest absolute Gasteiger partial charge is 0.225 e. The molecule has 2 rings (SSSR count). The number of para-hydroxylation sites is 1. The molecule has 0 fully saturated rings. The number of benzene rings is 1. The summed E-state index contributed by atoms with van der Waals surface area (Å²) in [7, 11) is 0. The van der Waals surface area contributed by atoms with E-state index in [4.69, 9.17) is 5.11 Å².